The first-order chi connectivity index (χ1) is 9.69. The van der Waals surface area contributed by atoms with Crippen LogP contribution in [0.4, 0.5) is 4.39 Å². The second-order valence-electron chi connectivity index (χ2n) is 4.31. The van der Waals surface area contributed by atoms with Crippen LogP contribution in [0.2, 0.25) is 0 Å². The normalized spacial score (nSPS) is 10.7. The SMILES string of the molecule is Cn1nccc1-c1nn(-c2ccc(F)cc2)cc1C=O. The quantitative estimate of drug-likeness (QED) is 0.686. The third-order valence-electron chi connectivity index (χ3n) is 3.02. The van der Waals surface area contributed by atoms with Crippen LogP contribution >= 0.6 is 0 Å². The molecule has 0 aliphatic carbocycles. The molecule has 0 aliphatic rings. The number of carbonyl (C=O) groups excluding carboxylic acids is 1. The number of benzene rings is 1. The Morgan fingerprint density at radius 1 is 1.20 bits per heavy atom. The van der Waals surface area contributed by atoms with E-state index in [9.17, 15) is 9.18 Å². The Morgan fingerprint density at radius 3 is 2.55 bits per heavy atom. The zero-order valence-electron chi connectivity index (χ0n) is 10.7. The van der Waals surface area contributed by atoms with Crippen molar-refractivity contribution in [3.8, 4) is 17.1 Å². The summed E-state index contributed by atoms with van der Waals surface area (Å²) in [5.74, 6) is -0.316. The van der Waals surface area contributed by atoms with Gasteiger partial charge in [-0.3, -0.25) is 9.48 Å². The molecule has 3 rings (SSSR count). The lowest BCUT2D eigenvalue weighted by Crippen LogP contribution is -1.97. The van der Waals surface area contributed by atoms with Crippen molar-refractivity contribution in [1.82, 2.24) is 19.6 Å². The molecule has 0 saturated heterocycles. The monoisotopic (exact) mass is 270 g/mol. The van der Waals surface area contributed by atoms with Gasteiger partial charge in [0.05, 0.1) is 16.9 Å². The molecule has 0 N–H and O–H groups in total. The first-order valence-electron chi connectivity index (χ1n) is 5.98. The third kappa shape index (κ3) is 2.01. The molecule has 6 heteroatoms. The van der Waals surface area contributed by atoms with Crippen LogP contribution in [0.3, 0.4) is 0 Å². The van der Waals surface area contributed by atoms with Gasteiger partial charge in [0.25, 0.3) is 0 Å². The number of aromatic nitrogens is 4. The molecule has 2 heterocycles. The lowest BCUT2D eigenvalue weighted by Gasteiger charge is -2.01. The molecule has 100 valence electrons. The molecule has 3 aromatic rings. The minimum Gasteiger partial charge on any atom is -0.298 e. The molecule has 0 fully saturated rings. The molecule has 1 aromatic carbocycles. The highest BCUT2D eigenvalue weighted by Crippen LogP contribution is 2.21. The average molecular weight is 270 g/mol. The highest BCUT2D eigenvalue weighted by molar-refractivity contribution is 5.84. The van der Waals surface area contributed by atoms with Crippen molar-refractivity contribution in [3.63, 3.8) is 0 Å². The van der Waals surface area contributed by atoms with Crippen molar-refractivity contribution >= 4 is 6.29 Å². The standard InChI is InChI=1S/C14H11FN4O/c1-18-13(6-7-16-18)14-10(9-20)8-19(17-14)12-4-2-11(15)3-5-12/h2-9H,1H3. The lowest BCUT2D eigenvalue weighted by atomic mass is 10.2. The number of nitrogens with zero attached hydrogens (tertiary/aromatic N) is 4. The first kappa shape index (κ1) is 12.3. The average Bonchev–Trinajstić information content (AvgIpc) is 3.05. The molecule has 2 aromatic heterocycles. The number of aldehydes is 1. The van der Waals surface area contributed by atoms with Gasteiger partial charge in [-0.15, -0.1) is 0 Å². The summed E-state index contributed by atoms with van der Waals surface area (Å²) in [5.41, 5.74) is 2.43. The molecule has 0 spiro atoms. The van der Waals surface area contributed by atoms with E-state index in [1.807, 2.05) is 0 Å². The van der Waals surface area contributed by atoms with Gasteiger partial charge in [-0.1, -0.05) is 0 Å². The molecular formula is C14H11FN4O. The predicted octanol–water partition coefficient (Wildman–Crippen LogP) is 2.22. The van der Waals surface area contributed by atoms with E-state index in [0.717, 1.165) is 12.0 Å². The van der Waals surface area contributed by atoms with Crippen molar-refractivity contribution in [2.45, 2.75) is 0 Å². The highest BCUT2D eigenvalue weighted by atomic mass is 19.1. The second kappa shape index (κ2) is 4.73. The van der Waals surface area contributed by atoms with Gasteiger partial charge in [0.1, 0.15) is 11.5 Å². The van der Waals surface area contributed by atoms with Crippen LogP contribution in [-0.4, -0.2) is 25.8 Å². The van der Waals surface area contributed by atoms with E-state index in [1.54, 1.807) is 47.0 Å². The fourth-order valence-electron chi connectivity index (χ4n) is 2.00. The summed E-state index contributed by atoms with van der Waals surface area (Å²) in [5, 5.41) is 8.45. The summed E-state index contributed by atoms with van der Waals surface area (Å²) < 4.78 is 16.1. The Hall–Kier alpha value is -2.76. The molecular weight excluding hydrogens is 259 g/mol. The number of carbonyl (C=O) groups is 1. The summed E-state index contributed by atoms with van der Waals surface area (Å²) in [4.78, 5) is 11.2. The van der Waals surface area contributed by atoms with Crippen molar-refractivity contribution in [3.05, 3.63) is 54.1 Å². The zero-order valence-corrected chi connectivity index (χ0v) is 10.7. The second-order valence-corrected chi connectivity index (χ2v) is 4.31. The zero-order chi connectivity index (χ0) is 14.1. The summed E-state index contributed by atoms with van der Waals surface area (Å²) in [7, 11) is 1.78. The minimum absolute atomic E-state index is 0.316. The Morgan fingerprint density at radius 2 is 1.95 bits per heavy atom. The van der Waals surface area contributed by atoms with Crippen molar-refractivity contribution < 1.29 is 9.18 Å². The van der Waals surface area contributed by atoms with Gasteiger partial charge in [-0.2, -0.15) is 10.2 Å². The molecule has 0 atom stereocenters. The van der Waals surface area contributed by atoms with E-state index in [4.69, 9.17) is 0 Å². The number of halogens is 1. The molecule has 0 unspecified atom stereocenters. The Labute approximate surface area is 114 Å². The minimum atomic E-state index is -0.316. The van der Waals surface area contributed by atoms with Gasteiger partial charge in [-0.05, 0) is 30.3 Å². The number of aryl methyl sites for hydroxylation is 1. The van der Waals surface area contributed by atoms with E-state index >= 15 is 0 Å². The van der Waals surface area contributed by atoms with Crippen LogP contribution in [0.1, 0.15) is 10.4 Å². The van der Waals surface area contributed by atoms with Crippen LogP contribution in [0, 0.1) is 5.82 Å². The van der Waals surface area contributed by atoms with Crippen LogP contribution in [0.15, 0.2) is 42.7 Å². The fraction of sp³-hybridized carbons (Fsp3) is 0.0714. The Balaban J connectivity index is 2.12. The predicted molar refractivity (Wildman–Crippen MR) is 71.1 cm³/mol. The van der Waals surface area contributed by atoms with Gasteiger partial charge in [0.15, 0.2) is 6.29 Å². The summed E-state index contributed by atoms with van der Waals surface area (Å²) in [6.07, 6.45) is 4.00. The molecule has 20 heavy (non-hydrogen) atoms. The van der Waals surface area contributed by atoms with Crippen molar-refractivity contribution in [2.75, 3.05) is 0 Å². The van der Waals surface area contributed by atoms with Crippen molar-refractivity contribution in [2.24, 2.45) is 7.05 Å². The topological polar surface area (TPSA) is 52.7 Å². The van der Waals surface area contributed by atoms with E-state index in [-0.39, 0.29) is 5.82 Å². The summed E-state index contributed by atoms with van der Waals surface area (Å²) in [6, 6.07) is 7.68. The first-order valence-corrected chi connectivity index (χ1v) is 5.98. The Bertz CT molecular complexity index is 758. The lowest BCUT2D eigenvalue weighted by molar-refractivity contribution is 0.112. The van der Waals surface area contributed by atoms with Crippen LogP contribution in [-0.2, 0) is 7.05 Å². The summed E-state index contributed by atoms with van der Waals surface area (Å²) >= 11 is 0. The third-order valence-corrected chi connectivity index (χ3v) is 3.02. The van der Waals surface area contributed by atoms with Gasteiger partial charge in [-0.25, -0.2) is 9.07 Å². The van der Waals surface area contributed by atoms with Crippen molar-refractivity contribution in [1.29, 1.82) is 0 Å². The smallest absolute Gasteiger partial charge is 0.153 e. The molecule has 0 radical (unpaired) electrons. The molecule has 0 amide bonds. The maximum Gasteiger partial charge on any atom is 0.153 e. The van der Waals surface area contributed by atoms with E-state index < -0.39 is 0 Å². The highest BCUT2D eigenvalue weighted by Gasteiger charge is 2.14. The van der Waals surface area contributed by atoms with E-state index in [0.29, 0.717) is 16.9 Å². The molecule has 0 bridgehead atoms. The van der Waals surface area contributed by atoms with E-state index in [2.05, 4.69) is 10.2 Å². The number of hydrogen-bond donors (Lipinski definition) is 0. The van der Waals surface area contributed by atoms with Crippen LogP contribution < -0.4 is 0 Å². The summed E-state index contributed by atoms with van der Waals surface area (Å²) in [6.45, 7) is 0. The number of rotatable bonds is 3. The van der Waals surface area contributed by atoms with Gasteiger partial charge < -0.3 is 0 Å². The van der Waals surface area contributed by atoms with Gasteiger partial charge in [0.2, 0.25) is 0 Å². The maximum atomic E-state index is 12.9. The maximum absolute atomic E-state index is 12.9. The largest absolute Gasteiger partial charge is 0.298 e. The fourth-order valence-corrected chi connectivity index (χ4v) is 2.00. The van der Waals surface area contributed by atoms with Gasteiger partial charge in [0, 0.05) is 19.4 Å². The van der Waals surface area contributed by atoms with E-state index in [1.165, 1.54) is 12.1 Å². The van der Waals surface area contributed by atoms with Crippen LogP contribution in [0.5, 0.6) is 0 Å². The molecule has 0 aliphatic heterocycles. The number of hydrogen-bond acceptors (Lipinski definition) is 3. The molecule has 5 nitrogen and oxygen atoms in total. The molecule has 0 saturated carbocycles. The van der Waals surface area contributed by atoms with Gasteiger partial charge >= 0.3 is 0 Å². The Kier molecular flexibility index (Phi) is 2.90. The van der Waals surface area contributed by atoms with Crippen LogP contribution in [0.25, 0.3) is 17.1 Å².